The fourth-order valence-corrected chi connectivity index (χ4v) is 3.66. The minimum absolute atomic E-state index is 0.293. The zero-order valence-electron chi connectivity index (χ0n) is 16.4. The van der Waals surface area contributed by atoms with Gasteiger partial charge in [-0.05, 0) is 44.0 Å². The molecule has 0 radical (unpaired) electrons. The van der Waals surface area contributed by atoms with Crippen molar-refractivity contribution < 1.29 is 14.3 Å². The fraction of sp³-hybridized carbons (Fsp3) is 0.261. The van der Waals surface area contributed by atoms with E-state index in [0.29, 0.717) is 30.9 Å². The van der Waals surface area contributed by atoms with E-state index < -0.39 is 5.97 Å². The molecule has 0 aliphatic heterocycles. The Morgan fingerprint density at radius 2 is 1.71 bits per heavy atom. The molecule has 28 heavy (non-hydrogen) atoms. The van der Waals surface area contributed by atoms with Crippen LogP contribution in [0.25, 0.3) is 0 Å². The molecule has 3 aromatic rings. The second kappa shape index (κ2) is 8.40. The lowest BCUT2D eigenvalue weighted by atomic mass is 10.1. The van der Waals surface area contributed by atoms with Crippen LogP contribution in [0.3, 0.4) is 0 Å². The van der Waals surface area contributed by atoms with Gasteiger partial charge in [-0.2, -0.15) is 0 Å². The highest BCUT2D eigenvalue weighted by Crippen LogP contribution is 2.24. The molecule has 1 heterocycles. The highest BCUT2D eigenvalue weighted by molar-refractivity contribution is 5.91. The molecule has 0 saturated carbocycles. The molecule has 0 bridgehead atoms. The second-order valence-electron chi connectivity index (χ2n) is 7.14. The molecule has 0 saturated heterocycles. The summed E-state index contributed by atoms with van der Waals surface area (Å²) >= 11 is 0. The van der Waals surface area contributed by atoms with Crippen molar-refractivity contribution in [1.82, 2.24) is 9.88 Å². The minimum atomic E-state index is -0.939. The molecule has 0 fully saturated rings. The molecule has 2 N–H and O–H groups in total. The Morgan fingerprint density at radius 1 is 1.00 bits per heavy atom. The number of aromatic carboxylic acids is 1. The van der Waals surface area contributed by atoms with Gasteiger partial charge in [0.1, 0.15) is 5.82 Å². The van der Waals surface area contributed by atoms with Crippen molar-refractivity contribution in [3.63, 3.8) is 0 Å². The maximum atomic E-state index is 13.5. The number of carboxylic acids is 1. The third kappa shape index (κ3) is 4.31. The molecule has 3 rings (SSSR count). The summed E-state index contributed by atoms with van der Waals surface area (Å²) in [5, 5.41) is 13.1. The van der Waals surface area contributed by atoms with E-state index in [9.17, 15) is 14.3 Å². The normalized spacial score (nSPS) is 11.0. The predicted molar refractivity (Wildman–Crippen MR) is 108 cm³/mol. The SMILES string of the molecule is Cc1cccc(CNCc2c(C(=O)O)c(C)n(Cc3cccc(F)c3)c2C)c1. The van der Waals surface area contributed by atoms with E-state index >= 15 is 0 Å². The van der Waals surface area contributed by atoms with E-state index in [2.05, 4.69) is 11.4 Å². The van der Waals surface area contributed by atoms with E-state index in [-0.39, 0.29) is 5.82 Å². The number of aryl methyl sites for hydroxylation is 1. The number of halogens is 1. The monoisotopic (exact) mass is 380 g/mol. The average Bonchev–Trinajstić information content (AvgIpc) is 2.86. The van der Waals surface area contributed by atoms with Gasteiger partial charge in [-0.25, -0.2) is 9.18 Å². The number of rotatable bonds is 7. The first-order valence-electron chi connectivity index (χ1n) is 9.29. The van der Waals surface area contributed by atoms with Gasteiger partial charge >= 0.3 is 5.97 Å². The van der Waals surface area contributed by atoms with Gasteiger partial charge in [-0.1, -0.05) is 42.0 Å². The van der Waals surface area contributed by atoms with Crippen molar-refractivity contribution in [1.29, 1.82) is 0 Å². The van der Waals surface area contributed by atoms with Crippen molar-refractivity contribution in [3.8, 4) is 0 Å². The molecule has 5 heteroatoms. The number of hydrogen-bond donors (Lipinski definition) is 2. The summed E-state index contributed by atoms with van der Waals surface area (Å²) in [6.45, 7) is 7.33. The van der Waals surface area contributed by atoms with Crippen LogP contribution in [-0.2, 0) is 19.6 Å². The summed E-state index contributed by atoms with van der Waals surface area (Å²) in [5.74, 6) is -1.23. The molecule has 0 unspecified atom stereocenters. The Labute approximate surface area is 164 Å². The molecule has 0 aliphatic rings. The second-order valence-corrected chi connectivity index (χ2v) is 7.14. The molecular weight excluding hydrogens is 355 g/mol. The number of nitrogens with one attached hydrogen (secondary N) is 1. The summed E-state index contributed by atoms with van der Waals surface area (Å²) in [4.78, 5) is 11.9. The largest absolute Gasteiger partial charge is 0.478 e. The van der Waals surface area contributed by atoms with Crippen LogP contribution in [0.4, 0.5) is 4.39 Å². The van der Waals surface area contributed by atoms with Crippen LogP contribution < -0.4 is 5.32 Å². The topological polar surface area (TPSA) is 54.3 Å². The molecule has 146 valence electrons. The summed E-state index contributed by atoms with van der Waals surface area (Å²) in [6.07, 6.45) is 0. The fourth-order valence-electron chi connectivity index (χ4n) is 3.66. The Hall–Kier alpha value is -2.92. The van der Waals surface area contributed by atoms with Gasteiger partial charge < -0.3 is 15.0 Å². The van der Waals surface area contributed by atoms with Gasteiger partial charge in [0, 0.05) is 36.6 Å². The number of benzene rings is 2. The maximum Gasteiger partial charge on any atom is 0.337 e. The van der Waals surface area contributed by atoms with Crippen molar-refractivity contribution in [2.75, 3.05) is 0 Å². The van der Waals surface area contributed by atoms with Crippen molar-refractivity contribution in [2.45, 2.75) is 40.4 Å². The summed E-state index contributed by atoms with van der Waals surface area (Å²) < 4.78 is 15.5. The third-order valence-corrected chi connectivity index (χ3v) is 5.07. The summed E-state index contributed by atoms with van der Waals surface area (Å²) in [7, 11) is 0. The number of aromatic nitrogens is 1. The van der Waals surface area contributed by atoms with Crippen LogP contribution in [0.1, 0.15) is 44.0 Å². The minimum Gasteiger partial charge on any atom is -0.478 e. The van der Waals surface area contributed by atoms with Crippen molar-refractivity contribution in [2.24, 2.45) is 0 Å². The first-order chi connectivity index (χ1) is 13.4. The van der Waals surface area contributed by atoms with Gasteiger partial charge in [0.15, 0.2) is 0 Å². The Balaban J connectivity index is 1.84. The van der Waals surface area contributed by atoms with Gasteiger partial charge in [0.25, 0.3) is 0 Å². The van der Waals surface area contributed by atoms with Crippen molar-refractivity contribution in [3.05, 3.63) is 93.6 Å². The third-order valence-electron chi connectivity index (χ3n) is 5.07. The van der Waals surface area contributed by atoms with Gasteiger partial charge in [0.2, 0.25) is 0 Å². The summed E-state index contributed by atoms with van der Waals surface area (Å²) in [5.41, 5.74) is 5.82. The van der Waals surface area contributed by atoms with Crippen LogP contribution in [0.2, 0.25) is 0 Å². The first kappa shape index (κ1) is 19.8. The number of carboxylic acid groups (broad SMARTS) is 1. The lowest BCUT2D eigenvalue weighted by Crippen LogP contribution is -2.15. The molecule has 0 spiro atoms. The molecule has 0 aliphatic carbocycles. The van der Waals surface area contributed by atoms with Crippen LogP contribution in [0.15, 0.2) is 48.5 Å². The average molecular weight is 380 g/mol. The van der Waals surface area contributed by atoms with Crippen molar-refractivity contribution >= 4 is 5.97 Å². The summed E-state index contributed by atoms with van der Waals surface area (Å²) in [6, 6.07) is 14.6. The number of hydrogen-bond acceptors (Lipinski definition) is 2. The highest BCUT2D eigenvalue weighted by atomic mass is 19.1. The van der Waals surface area contributed by atoms with Crippen LogP contribution in [0.5, 0.6) is 0 Å². The van der Waals surface area contributed by atoms with E-state index in [1.54, 1.807) is 13.0 Å². The molecule has 0 atom stereocenters. The number of nitrogens with zero attached hydrogens (tertiary/aromatic N) is 1. The molecule has 1 aromatic heterocycles. The number of carbonyl (C=O) groups is 1. The zero-order valence-corrected chi connectivity index (χ0v) is 16.4. The van der Waals surface area contributed by atoms with Crippen LogP contribution >= 0.6 is 0 Å². The van der Waals surface area contributed by atoms with Gasteiger partial charge in [0.05, 0.1) is 5.56 Å². The lowest BCUT2D eigenvalue weighted by molar-refractivity contribution is 0.0694. The van der Waals surface area contributed by atoms with E-state index in [0.717, 1.165) is 22.4 Å². The Morgan fingerprint density at radius 3 is 2.39 bits per heavy atom. The molecule has 2 aromatic carbocycles. The van der Waals surface area contributed by atoms with Gasteiger partial charge in [-0.3, -0.25) is 0 Å². The quantitative estimate of drug-likeness (QED) is 0.630. The Bertz CT molecular complexity index is 1010. The predicted octanol–water partition coefficient (Wildman–Crippen LogP) is 4.59. The highest BCUT2D eigenvalue weighted by Gasteiger charge is 2.22. The van der Waals surface area contributed by atoms with E-state index in [1.165, 1.54) is 17.7 Å². The first-order valence-corrected chi connectivity index (χ1v) is 9.29. The van der Waals surface area contributed by atoms with Gasteiger partial charge in [-0.15, -0.1) is 0 Å². The molecule has 0 amide bonds. The standard InChI is InChI=1S/C23H25FN2O2/c1-15-6-4-7-18(10-15)12-25-13-21-16(2)26(17(3)22(21)23(27)28)14-19-8-5-9-20(24)11-19/h4-11,25H,12-14H2,1-3H3,(H,27,28). The van der Waals surface area contributed by atoms with Crippen LogP contribution in [-0.4, -0.2) is 15.6 Å². The maximum absolute atomic E-state index is 13.5. The zero-order chi connectivity index (χ0) is 20.3. The van der Waals surface area contributed by atoms with Crippen LogP contribution in [0, 0.1) is 26.6 Å². The molecule has 4 nitrogen and oxygen atoms in total. The van der Waals surface area contributed by atoms with E-state index in [4.69, 9.17) is 0 Å². The van der Waals surface area contributed by atoms with E-state index in [1.807, 2.05) is 42.7 Å². The smallest absolute Gasteiger partial charge is 0.337 e. The molecular formula is C23H25FN2O2. The lowest BCUT2D eigenvalue weighted by Gasteiger charge is -2.11. The Kier molecular flexibility index (Phi) is 5.95.